The van der Waals surface area contributed by atoms with Crippen LogP contribution in [0.3, 0.4) is 0 Å². The maximum atomic E-state index is 5.89. The highest BCUT2D eigenvalue weighted by molar-refractivity contribution is 7.99. The maximum absolute atomic E-state index is 5.89. The fourth-order valence-corrected chi connectivity index (χ4v) is 4.85. The molecule has 170 valence electrons. The number of benzene rings is 3. The molecular weight excluding hydrogens is 434 g/mol. The average Bonchev–Trinajstić information content (AvgIpc) is 3.41. The van der Waals surface area contributed by atoms with Crippen LogP contribution < -0.4 is 16.6 Å². The average molecular weight is 464 g/mol. The van der Waals surface area contributed by atoms with Crippen molar-refractivity contribution in [2.75, 3.05) is 5.32 Å². The van der Waals surface area contributed by atoms with Crippen molar-refractivity contribution in [1.29, 1.82) is 0 Å². The Morgan fingerprint density at radius 3 is 2.50 bits per heavy atom. The quantitative estimate of drug-likeness (QED) is 0.166. The molecule has 1 atom stereocenters. The molecule has 3 aromatic rings. The molecule has 3 aromatic carbocycles. The lowest BCUT2D eigenvalue weighted by atomic mass is 9.97. The van der Waals surface area contributed by atoms with Gasteiger partial charge < -0.3 is 5.32 Å². The zero-order chi connectivity index (χ0) is 23.6. The second-order valence-electron chi connectivity index (χ2n) is 7.86. The first kappa shape index (κ1) is 23.6. The first-order valence-electron chi connectivity index (χ1n) is 11.3. The second kappa shape index (κ2) is 12.1. The van der Waals surface area contributed by atoms with Crippen molar-refractivity contribution >= 4 is 23.0 Å². The van der Waals surface area contributed by atoms with E-state index in [2.05, 4.69) is 96.2 Å². The first-order chi connectivity index (χ1) is 16.8. The number of hydrazine groups is 1. The molecule has 0 bridgehead atoms. The lowest BCUT2D eigenvalue weighted by molar-refractivity contribution is 0.620. The standard InChI is InChI=1S/C30H29N3S/c1-23(26-18-8-10-21-29(26)34-25-16-3-2-4-17-25)13-11-12-22-32-28-20-9-7-19-27(28)30(33-31)24-14-5-6-15-24/h2-14,16-22,30,32-33H,1,15,31H2/b13-11-,22-12-. The zero-order valence-electron chi connectivity index (χ0n) is 19.0. The molecule has 1 aliphatic rings. The predicted octanol–water partition coefficient (Wildman–Crippen LogP) is 7.42. The van der Waals surface area contributed by atoms with Gasteiger partial charge in [-0.3, -0.25) is 5.84 Å². The number of hydrogen-bond acceptors (Lipinski definition) is 4. The number of rotatable bonds is 10. The third-order valence-electron chi connectivity index (χ3n) is 5.56. The van der Waals surface area contributed by atoms with Crippen molar-refractivity contribution in [2.45, 2.75) is 22.3 Å². The highest BCUT2D eigenvalue weighted by Crippen LogP contribution is 2.34. The molecule has 34 heavy (non-hydrogen) atoms. The van der Waals surface area contributed by atoms with Gasteiger partial charge in [0.25, 0.3) is 0 Å². The largest absolute Gasteiger partial charge is 0.361 e. The number of anilines is 1. The van der Waals surface area contributed by atoms with Gasteiger partial charge in [0.15, 0.2) is 0 Å². The van der Waals surface area contributed by atoms with E-state index < -0.39 is 0 Å². The molecule has 0 radical (unpaired) electrons. The molecule has 0 aromatic heterocycles. The van der Waals surface area contributed by atoms with Crippen LogP contribution in [0.15, 0.2) is 143 Å². The Hall–Kier alpha value is -3.57. The van der Waals surface area contributed by atoms with Gasteiger partial charge >= 0.3 is 0 Å². The molecule has 4 N–H and O–H groups in total. The lowest BCUT2D eigenvalue weighted by Crippen LogP contribution is -2.29. The van der Waals surface area contributed by atoms with Crippen LogP contribution in [0, 0.1) is 0 Å². The van der Waals surface area contributed by atoms with Gasteiger partial charge in [0.2, 0.25) is 0 Å². The molecule has 1 unspecified atom stereocenters. The fourth-order valence-electron chi connectivity index (χ4n) is 3.85. The Morgan fingerprint density at radius 2 is 1.71 bits per heavy atom. The van der Waals surface area contributed by atoms with Gasteiger partial charge in [0.1, 0.15) is 0 Å². The number of para-hydroxylation sites is 1. The number of allylic oxidation sites excluding steroid dienone is 7. The Bertz CT molecular complexity index is 1240. The van der Waals surface area contributed by atoms with Crippen molar-refractivity contribution in [2.24, 2.45) is 5.84 Å². The van der Waals surface area contributed by atoms with Crippen molar-refractivity contribution < 1.29 is 0 Å². The summed E-state index contributed by atoms with van der Waals surface area (Å²) in [5.74, 6) is 5.89. The predicted molar refractivity (Wildman–Crippen MR) is 146 cm³/mol. The summed E-state index contributed by atoms with van der Waals surface area (Å²) in [5, 5.41) is 3.40. The number of nitrogens with two attached hydrogens (primary N) is 1. The molecule has 0 fully saturated rings. The van der Waals surface area contributed by atoms with E-state index in [9.17, 15) is 0 Å². The summed E-state index contributed by atoms with van der Waals surface area (Å²) in [7, 11) is 0. The van der Waals surface area contributed by atoms with E-state index in [0.29, 0.717) is 0 Å². The normalized spacial score (nSPS) is 14.0. The summed E-state index contributed by atoms with van der Waals surface area (Å²) in [6.07, 6.45) is 15.2. The Morgan fingerprint density at radius 1 is 0.941 bits per heavy atom. The van der Waals surface area contributed by atoms with Crippen LogP contribution in [0.1, 0.15) is 23.6 Å². The van der Waals surface area contributed by atoms with Gasteiger partial charge in [0.05, 0.1) is 6.04 Å². The van der Waals surface area contributed by atoms with Gasteiger partial charge in [0, 0.05) is 21.7 Å². The number of nitrogens with one attached hydrogen (secondary N) is 2. The highest BCUT2D eigenvalue weighted by atomic mass is 32.2. The zero-order valence-corrected chi connectivity index (χ0v) is 19.8. The topological polar surface area (TPSA) is 50.1 Å². The van der Waals surface area contributed by atoms with E-state index in [1.54, 1.807) is 11.8 Å². The highest BCUT2D eigenvalue weighted by Gasteiger charge is 2.18. The first-order valence-corrected chi connectivity index (χ1v) is 12.1. The molecule has 4 rings (SSSR count). The molecule has 0 heterocycles. The van der Waals surface area contributed by atoms with Crippen molar-refractivity contribution in [3.63, 3.8) is 0 Å². The van der Waals surface area contributed by atoms with E-state index in [4.69, 9.17) is 5.84 Å². The summed E-state index contributed by atoms with van der Waals surface area (Å²) in [4.78, 5) is 2.40. The summed E-state index contributed by atoms with van der Waals surface area (Å²) in [6.45, 7) is 4.29. The Labute approximate surface area is 206 Å². The summed E-state index contributed by atoms with van der Waals surface area (Å²) in [5.41, 5.74) is 8.45. The minimum atomic E-state index is -0.0268. The van der Waals surface area contributed by atoms with Crippen molar-refractivity contribution in [3.8, 4) is 0 Å². The Kier molecular flexibility index (Phi) is 8.36. The van der Waals surface area contributed by atoms with Crippen LogP contribution in [-0.2, 0) is 0 Å². The van der Waals surface area contributed by atoms with Gasteiger partial charge in [-0.25, -0.2) is 5.43 Å². The van der Waals surface area contributed by atoms with Crippen LogP contribution in [0.4, 0.5) is 5.69 Å². The van der Waals surface area contributed by atoms with Crippen molar-refractivity contribution in [3.05, 3.63) is 145 Å². The summed E-state index contributed by atoms with van der Waals surface area (Å²) in [6, 6.07) is 26.9. The summed E-state index contributed by atoms with van der Waals surface area (Å²) < 4.78 is 0. The van der Waals surface area contributed by atoms with Crippen LogP contribution in [0.25, 0.3) is 5.57 Å². The van der Waals surface area contributed by atoms with Crippen LogP contribution in [-0.4, -0.2) is 0 Å². The lowest BCUT2D eigenvalue weighted by Gasteiger charge is -2.21. The Balaban J connectivity index is 1.41. The van der Waals surface area contributed by atoms with Crippen molar-refractivity contribution in [1.82, 2.24) is 5.43 Å². The van der Waals surface area contributed by atoms with Crippen LogP contribution in [0.2, 0.25) is 0 Å². The minimum Gasteiger partial charge on any atom is -0.361 e. The number of hydrogen-bond donors (Lipinski definition) is 3. The summed E-state index contributed by atoms with van der Waals surface area (Å²) >= 11 is 1.75. The van der Waals surface area contributed by atoms with Crippen LogP contribution >= 0.6 is 11.8 Å². The molecule has 0 spiro atoms. The smallest absolute Gasteiger partial charge is 0.0696 e. The van der Waals surface area contributed by atoms with E-state index in [-0.39, 0.29) is 6.04 Å². The van der Waals surface area contributed by atoms with E-state index >= 15 is 0 Å². The van der Waals surface area contributed by atoms with E-state index in [0.717, 1.165) is 28.8 Å². The monoisotopic (exact) mass is 463 g/mol. The molecule has 4 heteroatoms. The van der Waals surface area contributed by atoms with E-state index in [1.165, 1.54) is 15.4 Å². The van der Waals surface area contributed by atoms with Gasteiger partial charge in [-0.05, 0) is 59.0 Å². The molecule has 0 saturated carbocycles. The third kappa shape index (κ3) is 6.06. The minimum absolute atomic E-state index is 0.0268. The van der Waals surface area contributed by atoms with Gasteiger partial charge in [-0.15, -0.1) is 0 Å². The third-order valence-corrected chi connectivity index (χ3v) is 6.64. The fraction of sp³-hybridized carbons (Fsp3) is 0.0667. The van der Waals surface area contributed by atoms with E-state index in [1.807, 2.05) is 42.6 Å². The SMILES string of the molecule is C=C(/C=C\C=C/Nc1ccccc1C(NN)C1=CC=CC1)c1ccccc1Sc1ccccc1. The molecule has 3 nitrogen and oxygen atoms in total. The van der Waals surface area contributed by atoms with Crippen LogP contribution in [0.5, 0.6) is 0 Å². The molecule has 0 aliphatic heterocycles. The maximum Gasteiger partial charge on any atom is 0.0696 e. The van der Waals surface area contributed by atoms with Gasteiger partial charge in [-0.2, -0.15) is 0 Å². The molecular formula is C30H29N3S. The molecule has 0 saturated heterocycles. The molecule has 1 aliphatic carbocycles. The van der Waals surface area contributed by atoms with Gasteiger partial charge in [-0.1, -0.05) is 103 Å². The second-order valence-corrected chi connectivity index (χ2v) is 8.98. The molecule has 0 amide bonds.